The van der Waals surface area contributed by atoms with E-state index in [2.05, 4.69) is 0 Å². The van der Waals surface area contributed by atoms with E-state index >= 15 is 0 Å². The van der Waals surface area contributed by atoms with Crippen LogP contribution < -0.4 is 5.73 Å². The first kappa shape index (κ1) is 11.0. The smallest absolute Gasteiger partial charge is 0.227 e. The van der Waals surface area contributed by atoms with Crippen LogP contribution in [0, 0.1) is 0 Å². The molecule has 1 fully saturated rings. The minimum Gasteiger partial charge on any atom is -0.399 e. The first-order valence-electron chi connectivity index (χ1n) is 5.45. The average molecular weight is 220 g/mol. The number of carbonyl (C=O) groups is 1. The maximum atomic E-state index is 11.9. The summed E-state index contributed by atoms with van der Waals surface area (Å²) in [6, 6.07) is 7.44. The minimum absolute atomic E-state index is 0.160. The van der Waals surface area contributed by atoms with Gasteiger partial charge < -0.3 is 15.4 Å². The molecule has 4 nitrogen and oxygen atoms in total. The molecular weight excluding hydrogens is 204 g/mol. The number of nitrogens with two attached hydrogens (primary N) is 1. The molecule has 1 aromatic carbocycles. The van der Waals surface area contributed by atoms with Crippen molar-refractivity contribution in [2.45, 2.75) is 6.42 Å². The molecule has 2 N–H and O–H groups in total. The number of nitrogens with zero attached hydrogens (tertiary/aromatic N) is 1. The summed E-state index contributed by atoms with van der Waals surface area (Å²) >= 11 is 0. The van der Waals surface area contributed by atoms with Crippen molar-refractivity contribution in [2.24, 2.45) is 0 Å². The van der Waals surface area contributed by atoms with Crippen molar-refractivity contribution in [3.63, 3.8) is 0 Å². The Morgan fingerprint density at radius 2 is 1.88 bits per heavy atom. The van der Waals surface area contributed by atoms with E-state index in [-0.39, 0.29) is 5.91 Å². The zero-order valence-corrected chi connectivity index (χ0v) is 9.19. The fraction of sp³-hybridized carbons (Fsp3) is 0.417. The van der Waals surface area contributed by atoms with Crippen molar-refractivity contribution < 1.29 is 9.53 Å². The summed E-state index contributed by atoms with van der Waals surface area (Å²) in [6.45, 7) is 2.70. The average Bonchev–Trinajstić information content (AvgIpc) is 2.33. The quantitative estimate of drug-likeness (QED) is 0.745. The van der Waals surface area contributed by atoms with E-state index in [9.17, 15) is 4.79 Å². The highest BCUT2D eigenvalue weighted by Gasteiger charge is 2.16. The summed E-state index contributed by atoms with van der Waals surface area (Å²) in [7, 11) is 0. The second-order valence-electron chi connectivity index (χ2n) is 3.91. The molecule has 0 unspecified atom stereocenters. The number of benzene rings is 1. The number of morpholine rings is 1. The van der Waals surface area contributed by atoms with Gasteiger partial charge in [0.1, 0.15) is 0 Å². The number of ether oxygens (including phenoxy) is 1. The fourth-order valence-electron chi connectivity index (χ4n) is 1.73. The highest BCUT2D eigenvalue weighted by atomic mass is 16.5. The minimum atomic E-state index is 0.160. The third-order valence-corrected chi connectivity index (χ3v) is 2.70. The topological polar surface area (TPSA) is 55.6 Å². The predicted octanol–water partition coefficient (Wildman–Crippen LogP) is 0.670. The molecule has 1 aromatic rings. The van der Waals surface area contributed by atoms with Crippen LogP contribution in [-0.4, -0.2) is 37.1 Å². The van der Waals surface area contributed by atoms with Gasteiger partial charge in [-0.2, -0.15) is 0 Å². The van der Waals surface area contributed by atoms with E-state index in [1.165, 1.54) is 0 Å². The number of nitrogen functional groups attached to an aromatic ring is 1. The van der Waals surface area contributed by atoms with Crippen molar-refractivity contribution in [1.82, 2.24) is 4.90 Å². The molecule has 1 aliphatic heterocycles. The Labute approximate surface area is 95.0 Å². The lowest BCUT2D eigenvalue weighted by Gasteiger charge is -2.26. The number of hydrogen-bond acceptors (Lipinski definition) is 3. The Hall–Kier alpha value is -1.55. The Morgan fingerprint density at radius 3 is 2.50 bits per heavy atom. The maximum Gasteiger partial charge on any atom is 0.227 e. The molecule has 0 bridgehead atoms. The third kappa shape index (κ3) is 2.73. The fourth-order valence-corrected chi connectivity index (χ4v) is 1.73. The van der Waals surface area contributed by atoms with Crippen LogP contribution in [0.3, 0.4) is 0 Å². The zero-order valence-electron chi connectivity index (χ0n) is 9.19. The van der Waals surface area contributed by atoms with Crippen molar-refractivity contribution in [2.75, 3.05) is 32.0 Å². The molecule has 2 rings (SSSR count). The molecule has 1 saturated heterocycles. The van der Waals surface area contributed by atoms with E-state index in [0.29, 0.717) is 32.7 Å². The van der Waals surface area contributed by atoms with Gasteiger partial charge in [-0.1, -0.05) is 12.1 Å². The second-order valence-corrected chi connectivity index (χ2v) is 3.91. The summed E-state index contributed by atoms with van der Waals surface area (Å²) in [4.78, 5) is 13.7. The lowest BCUT2D eigenvalue weighted by molar-refractivity contribution is -0.134. The Morgan fingerprint density at radius 1 is 1.25 bits per heavy atom. The van der Waals surface area contributed by atoms with E-state index < -0.39 is 0 Å². The highest BCUT2D eigenvalue weighted by molar-refractivity contribution is 5.79. The van der Waals surface area contributed by atoms with Crippen molar-refractivity contribution in [3.05, 3.63) is 29.8 Å². The normalized spacial score (nSPS) is 16.1. The lowest BCUT2D eigenvalue weighted by Crippen LogP contribution is -2.41. The molecule has 1 amide bonds. The van der Waals surface area contributed by atoms with Crippen LogP contribution in [0.15, 0.2) is 24.3 Å². The summed E-state index contributed by atoms with van der Waals surface area (Å²) in [6.07, 6.45) is 0.445. The van der Waals surface area contributed by atoms with E-state index in [1.807, 2.05) is 29.2 Å². The van der Waals surface area contributed by atoms with Gasteiger partial charge in [0.25, 0.3) is 0 Å². The van der Waals surface area contributed by atoms with Crippen LogP contribution in [0.4, 0.5) is 5.69 Å². The molecular formula is C12H16N2O2. The van der Waals surface area contributed by atoms with Gasteiger partial charge in [-0.15, -0.1) is 0 Å². The van der Waals surface area contributed by atoms with Crippen molar-refractivity contribution in [1.29, 1.82) is 0 Å². The highest BCUT2D eigenvalue weighted by Crippen LogP contribution is 2.08. The first-order chi connectivity index (χ1) is 7.75. The van der Waals surface area contributed by atoms with Gasteiger partial charge in [0, 0.05) is 18.8 Å². The molecule has 0 saturated carbocycles. The van der Waals surface area contributed by atoms with Crippen LogP contribution in [-0.2, 0) is 16.0 Å². The molecule has 16 heavy (non-hydrogen) atoms. The summed E-state index contributed by atoms with van der Waals surface area (Å²) < 4.78 is 5.21. The summed E-state index contributed by atoms with van der Waals surface area (Å²) in [5.74, 6) is 0.160. The monoisotopic (exact) mass is 220 g/mol. The number of amides is 1. The Balaban J connectivity index is 1.93. The van der Waals surface area contributed by atoms with Gasteiger partial charge >= 0.3 is 0 Å². The van der Waals surface area contributed by atoms with Gasteiger partial charge in [0.2, 0.25) is 5.91 Å². The molecule has 0 aliphatic carbocycles. The molecule has 86 valence electrons. The van der Waals surface area contributed by atoms with Gasteiger partial charge in [-0.25, -0.2) is 0 Å². The standard InChI is InChI=1S/C12H16N2O2/c13-11-3-1-10(2-4-11)9-12(15)14-5-7-16-8-6-14/h1-4H,5-9,13H2. The molecule has 1 heterocycles. The number of carbonyl (C=O) groups excluding carboxylic acids is 1. The Kier molecular flexibility index (Phi) is 3.41. The second kappa shape index (κ2) is 4.99. The van der Waals surface area contributed by atoms with Crippen molar-refractivity contribution in [3.8, 4) is 0 Å². The molecule has 4 heteroatoms. The molecule has 0 atom stereocenters. The SMILES string of the molecule is Nc1ccc(CC(=O)N2CCOCC2)cc1. The van der Waals surface area contributed by atoms with E-state index in [0.717, 1.165) is 11.3 Å². The van der Waals surface area contributed by atoms with Gasteiger partial charge in [0.15, 0.2) is 0 Å². The molecule has 0 aromatic heterocycles. The molecule has 0 radical (unpaired) electrons. The van der Waals surface area contributed by atoms with Crippen LogP contribution >= 0.6 is 0 Å². The van der Waals surface area contributed by atoms with Gasteiger partial charge in [0.05, 0.1) is 19.6 Å². The molecule has 0 spiro atoms. The maximum absolute atomic E-state index is 11.9. The zero-order chi connectivity index (χ0) is 11.4. The van der Waals surface area contributed by atoms with Crippen LogP contribution in [0.5, 0.6) is 0 Å². The van der Waals surface area contributed by atoms with Crippen LogP contribution in [0.2, 0.25) is 0 Å². The predicted molar refractivity (Wildman–Crippen MR) is 62.0 cm³/mol. The number of hydrogen-bond donors (Lipinski definition) is 1. The summed E-state index contributed by atoms with van der Waals surface area (Å²) in [5, 5.41) is 0. The number of anilines is 1. The largest absolute Gasteiger partial charge is 0.399 e. The van der Waals surface area contributed by atoms with Crippen LogP contribution in [0.1, 0.15) is 5.56 Å². The Bertz CT molecular complexity index is 356. The van der Waals surface area contributed by atoms with Gasteiger partial charge in [-0.3, -0.25) is 4.79 Å². The lowest BCUT2D eigenvalue weighted by atomic mass is 10.1. The van der Waals surface area contributed by atoms with Gasteiger partial charge in [-0.05, 0) is 17.7 Å². The number of rotatable bonds is 2. The third-order valence-electron chi connectivity index (χ3n) is 2.70. The summed E-state index contributed by atoms with van der Waals surface area (Å²) in [5.41, 5.74) is 7.32. The first-order valence-corrected chi connectivity index (χ1v) is 5.45. The van der Waals surface area contributed by atoms with E-state index in [4.69, 9.17) is 10.5 Å². The van der Waals surface area contributed by atoms with Crippen molar-refractivity contribution >= 4 is 11.6 Å². The molecule has 1 aliphatic rings. The van der Waals surface area contributed by atoms with Crippen LogP contribution in [0.25, 0.3) is 0 Å². The van der Waals surface area contributed by atoms with E-state index in [1.54, 1.807) is 0 Å².